The van der Waals surface area contributed by atoms with Gasteiger partial charge in [-0.1, -0.05) is 58.3 Å². The van der Waals surface area contributed by atoms with E-state index in [1.54, 1.807) is 0 Å². The summed E-state index contributed by atoms with van der Waals surface area (Å²) >= 11 is 0. The normalized spacial score (nSPS) is 12.1. The second-order valence-corrected chi connectivity index (χ2v) is 8.85. The van der Waals surface area contributed by atoms with Crippen LogP contribution in [-0.2, 0) is 9.59 Å². The zero-order valence-corrected chi connectivity index (χ0v) is 20.4. The molecule has 0 aliphatic heterocycles. The largest absolute Gasteiger partial charge is 0.356 e. The topological polar surface area (TPSA) is 110 Å². The molecule has 1 amide bonds. The van der Waals surface area contributed by atoms with E-state index in [0.717, 1.165) is 71.0 Å². The highest BCUT2D eigenvalue weighted by Gasteiger charge is 2.12. The van der Waals surface area contributed by atoms with Gasteiger partial charge in [-0.25, -0.2) is 0 Å². The third-order valence-corrected chi connectivity index (χ3v) is 5.77. The number of ketones is 1. The van der Waals surface area contributed by atoms with Crippen LogP contribution in [0, 0.1) is 0 Å². The van der Waals surface area contributed by atoms with Gasteiger partial charge in [0.25, 0.3) is 0 Å². The van der Waals surface area contributed by atoms with E-state index in [1.807, 2.05) is 0 Å². The van der Waals surface area contributed by atoms with E-state index < -0.39 is 0 Å². The van der Waals surface area contributed by atoms with Crippen molar-refractivity contribution in [1.82, 2.24) is 10.6 Å². The van der Waals surface area contributed by atoms with Crippen molar-refractivity contribution in [2.24, 2.45) is 11.5 Å². The average molecular weight is 441 g/mol. The summed E-state index contributed by atoms with van der Waals surface area (Å²) in [5.74, 6) is 0.346. The molecule has 0 unspecified atom stereocenters. The number of carbonyl (C=O) groups excluding carboxylic acids is 2. The van der Waals surface area contributed by atoms with Gasteiger partial charge in [0.2, 0.25) is 5.91 Å². The van der Waals surface area contributed by atoms with Gasteiger partial charge in [0.15, 0.2) is 0 Å². The summed E-state index contributed by atoms with van der Waals surface area (Å²) in [5.41, 5.74) is 11.5. The van der Waals surface area contributed by atoms with E-state index in [2.05, 4.69) is 17.6 Å². The Labute approximate surface area is 192 Å². The third kappa shape index (κ3) is 22.0. The van der Waals surface area contributed by atoms with Crippen molar-refractivity contribution in [1.29, 1.82) is 0 Å². The maximum atomic E-state index is 12.2. The third-order valence-electron chi connectivity index (χ3n) is 5.77. The molecule has 0 aliphatic carbocycles. The van der Waals surface area contributed by atoms with Gasteiger partial charge in [-0.05, 0) is 64.6 Å². The molecule has 0 bridgehead atoms. The number of nitrogens with two attached hydrogens (primary N) is 2. The molecule has 6 nitrogen and oxygen atoms in total. The molecule has 184 valence electrons. The minimum absolute atomic E-state index is 0.149. The minimum Gasteiger partial charge on any atom is -0.356 e. The molecule has 0 aromatic carbocycles. The van der Waals surface area contributed by atoms with Crippen molar-refractivity contribution in [2.45, 2.75) is 122 Å². The Morgan fingerprint density at radius 2 is 1.29 bits per heavy atom. The van der Waals surface area contributed by atoms with Crippen LogP contribution in [0.3, 0.4) is 0 Å². The fourth-order valence-corrected chi connectivity index (χ4v) is 3.65. The summed E-state index contributed by atoms with van der Waals surface area (Å²) in [7, 11) is 0. The van der Waals surface area contributed by atoms with Crippen LogP contribution in [0.5, 0.6) is 0 Å². The number of amides is 1. The molecule has 6 heteroatoms. The van der Waals surface area contributed by atoms with Gasteiger partial charge in [-0.3, -0.25) is 9.59 Å². The molecule has 0 radical (unpaired) electrons. The minimum atomic E-state index is -0.337. The molecule has 0 aliphatic rings. The van der Waals surface area contributed by atoms with Crippen LogP contribution in [0.1, 0.15) is 116 Å². The predicted molar refractivity (Wildman–Crippen MR) is 132 cm³/mol. The van der Waals surface area contributed by atoms with E-state index in [4.69, 9.17) is 11.5 Å². The number of hydrogen-bond donors (Lipinski definition) is 4. The van der Waals surface area contributed by atoms with Crippen LogP contribution in [0.2, 0.25) is 0 Å². The quantitative estimate of drug-likeness (QED) is 0.168. The highest BCUT2D eigenvalue weighted by atomic mass is 16.1. The number of nitrogens with one attached hydrogen (secondary N) is 2. The summed E-state index contributed by atoms with van der Waals surface area (Å²) in [4.78, 5) is 23.9. The lowest BCUT2D eigenvalue weighted by atomic mass is 10.0. The maximum absolute atomic E-state index is 12.2. The fraction of sp³-hybridized carbons (Fsp3) is 0.920. The van der Waals surface area contributed by atoms with E-state index in [0.29, 0.717) is 19.4 Å². The van der Waals surface area contributed by atoms with Crippen molar-refractivity contribution >= 4 is 11.7 Å². The molecular formula is C25H52N4O2. The second kappa shape index (κ2) is 23.7. The van der Waals surface area contributed by atoms with Gasteiger partial charge < -0.3 is 22.1 Å². The molecule has 31 heavy (non-hydrogen) atoms. The first-order valence-corrected chi connectivity index (χ1v) is 13.1. The highest BCUT2D eigenvalue weighted by Crippen LogP contribution is 2.10. The monoisotopic (exact) mass is 440 g/mol. The lowest BCUT2D eigenvalue weighted by Gasteiger charge is -2.11. The second-order valence-electron chi connectivity index (χ2n) is 8.85. The van der Waals surface area contributed by atoms with Gasteiger partial charge in [0.05, 0.1) is 6.04 Å². The van der Waals surface area contributed by atoms with Gasteiger partial charge in [0.1, 0.15) is 5.78 Å². The van der Waals surface area contributed by atoms with Crippen molar-refractivity contribution in [2.75, 3.05) is 26.2 Å². The number of carbonyl (C=O) groups is 2. The lowest BCUT2D eigenvalue weighted by Crippen LogP contribution is -2.30. The Bertz CT molecular complexity index is 418. The smallest absolute Gasteiger partial charge is 0.219 e. The SMILES string of the molecule is CCCCCCC(=O)NCCCC[C@H](N)C(=O)CCCCCCCCCNCCCN. The van der Waals surface area contributed by atoms with Crippen LogP contribution in [-0.4, -0.2) is 43.9 Å². The first-order chi connectivity index (χ1) is 15.1. The van der Waals surface area contributed by atoms with E-state index in [9.17, 15) is 9.59 Å². The van der Waals surface area contributed by atoms with Gasteiger partial charge in [-0.2, -0.15) is 0 Å². The zero-order chi connectivity index (χ0) is 23.0. The fourth-order valence-electron chi connectivity index (χ4n) is 3.65. The predicted octanol–water partition coefficient (Wildman–Crippen LogP) is 4.20. The first-order valence-electron chi connectivity index (χ1n) is 13.1. The number of rotatable bonds is 24. The summed E-state index contributed by atoms with van der Waals surface area (Å²) in [6.07, 6.45) is 17.7. The van der Waals surface area contributed by atoms with Crippen molar-refractivity contribution in [3.8, 4) is 0 Å². The molecule has 0 aromatic heterocycles. The summed E-state index contributed by atoms with van der Waals surface area (Å²) in [6.45, 7) is 5.75. The van der Waals surface area contributed by atoms with Crippen molar-refractivity contribution in [3.63, 3.8) is 0 Å². The Hall–Kier alpha value is -0.980. The summed E-state index contributed by atoms with van der Waals surface area (Å²) < 4.78 is 0. The molecule has 0 saturated heterocycles. The van der Waals surface area contributed by atoms with Crippen LogP contribution in [0.15, 0.2) is 0 Å². The molecule has 0 spiro atoms. The average Bonchev–Trinajstić information content (AvgIpc) is 2.77. The molecule has 0 aromatic rings. The summed E-state index contributed by atoms with van der Waals surface area (Å²) in [5, 5.41) is 6.38. The molecule has 1 atom stereocenters. The standard InChI is InChI=1S/C25H52N4O2/c1-2-3-4-11-18-25(31)29-22-14-12-16-23(27)24(30)17-10-8-6-5-7-9-13-20-28-21-15-19-26/h23,28H,2-22,26-27H2,1H3,(H,29,31)/t23-/m0/s1. The van der Waals surface area contributed by atoms with E-state index in [1.165, 1.54) is 44.9 Å². The van der Waals surface area contributed by atoms with Gasteiger partial charge in [0, 0.05) is 19.4 Å². The molecule has 6 N–H and O–H groups in total. The van der Waals surface area contributed by atoms with E-state index >= 15 is 0 Å². The molecular weight excluding hydrogens is 388 g/mol. The Kier molecular flexibility index (Phi) is 22.9. The first kappa shape index (κ1) is 30.0. The maximum Gasteiger partial charge on any atom is 0.219 e. The van der Waals surface area contributed by atoms with Crippen LogP contribution >= 0.6 is 0 Å². The zero-order valence-electron chi connectivity index (χ0n) is 20.4. The number of unbranched alkanes of at least 4 members (excludes halogenated alkanes) is 10. The van der Waals surface area contributed by atoms with Crippen LogP contribution in [0.4, 0.5) is 0 Å². The molecule has 0 rings (SSSR count). The molecule has 0 saturated carbocycles. The Balaban J connectivity index is 3.41. The van der Waals surface area contributed by atoms with E-state index in [-0.39, 0.29) is 17.7 Å². The highest BCUT2D eigenvalue weighted by molar-refractivity contribution is 5.83. The van der Waals surface area contributed by atoms with Crippen LogP contribution < -0.4 is 22.1 Å². The number of hydrogen-bond acceptors (Lipinski definition) is 5. The van der Waals surface area contributed by atoms with Gasteiger partial charge in [-0.15, -0.1) is 0 Å². The van der Waals surface area contributed by atoms with Crippen LogP contribution in [0.25, 0.3) is 0 Å². The van der Waals surface area contributed by atoms with Gasteiger partial charge >= 0.3 is 0 Å². The lowest BCUT2D eigenvalue weighted by molar-refractivity contribution is -0.122. The molecule has 0 fully saturated rings. The van der Waals surface area contributed by atoms with Crippen molar-refractivity contribution < 1.29 is 9.59 Å². The Morgan fingerprint density at radius 3 is 2.00 bits per heavy atom. The summed E-state index contributed by atoms with van der Waals surface area (Å²) in [6, 6.07) is -0.337. The Morgan fingerprint density at radius 1 is 0.710 bits per heavy atom. The van der Waals surface area contributed by atoms with Crippen molar-refractivity contribution in [3.05, 3.63) is 0 Å². The number of Topliss-reactive ketones (excluding diaryl/α,β-unsaturated/α-hetero) is 1. The molecule has 0 heterocycles.